The first-order valence-corrected chi connectivity index (χ1v) is 8.94. The van der Waals surface area contributed by atoms with Gasteiger partial charge in [-0.05, 0) is 54.1 Å². The number of rotatable bonds is 7. The van der Waals surface area contributed by atoms with E-state index >= 15 is 0 Å². The number of amides is 1. The largest absolute Gasteiger partial charge is 0.493 e. The van der Waals surface area contributed by atoms with Crippen molar-refractivity contribution in [2.24, 2.45) is 0 Å². The molecule has 0 atom stereocenters. The first kappa shape index (κ1) is 19.5. The molecular formula is C21H20ClN3O3. The fourth-order valence-corrected chi connectivity index (χ4v) is 2.68. The third kappa shape index (κ3) is 4.92. The quantitative estimate of drug-likeness (QED) is 0.608. The normalized spacial score (nSPS) is 10.2. The van der Waals surface area contributed by atoms with Crippen molar-refractivity contribution < 1.29 is 14.3 Å². The van der Waals surface area contributed by atoms with Crippen LogP contribution in [0.5, 0.6) is 11.5 Å². The van der Waals surface area contributed by atoms with Gasteiger partial charge in [-0.1, -0.05) is 17.7 Å². The van der Waals surface area contributed by atoms with Crippen molar-refractivity contribution in [3.8, 4) is 11.5 Å². The van der Waals surface area contributed by atoms with Crippen LogP contribution in [0.3, 0.4) is 0 Å². The molecule has 0 aliphatic heterocycles. The van der Waals surface area contributed by atoms with Crippen LogP contribution in [-0.4, -0.2) is 25.1 Å². The van der Waals surface area contributed by atoms with Crippen LogP contribution in [0, 0.1) is 0 Å². The number of methoxy groups -OCH3 is 2. The van der Waals surface area contributed by atoms with Crippen LogP contribution in [0.1, 0.15) is 15.9 Å². The number of carbonyl (C=O) groups is 1. The van der Waals surface area contributed by atoms with E-state index in [1.54, 1.807) is 50.7 Å². The van der Waals surface area contributed by atoms with Crippen LogP contribution in [0.4, 0.5) is 11.5 Å². The molecule has 1 aromatic heterocycles. The van der Waals surface area contributed by atoms with Crippen molar-refractivity contribution in [2.75, 3.05) is 24.9 Å². The Bertz CT molecular complexity index is 944. The summed E-state index contributed by atoms with van der Waals surface area (Å²) in [5, 5.41) is 6.62. The van der Waals surface area contributed by atoms with Crippen molar-refractivity contribution in [3.05, 3.63) is 76.9 Å². The minimum atomic E-state index is -0.241. The summed E-state index contributed by atoms with van der Waals surface area (Å²) in [6.45, 7) is 0.596. The van der Waals surface area contributed by atoms with Crippen molar-refractivity contribution in [3.63, 3.8) is 0 Å². The van der Waals surface area contributed by atoms with Gasteiger partial charge in [-0.15, -0.1) is 0 Å². The summed E-state index contributed by atoms with van der Waals surface area (Å²) in [5.41, 5.74) is 2.39. The van der Waals surface area contributed by atoms with E-state index in [4.69, 9.17) is 21.1 Å². The maximum Gasteiger partial charge on any atom is 0.256 e. The Morgan fingerprint density at radius 1 is 1.00 bits per heavy atom. The zero-order valence-corrected chi connectivity index (χ0v) is 16.3. The number of pyridine rings is 1. The van der Waals surface area contributed by atoms with E-state index in [0.29, 0.717) is 34.4 Å². The summed E-state index contributed by atoms with van der Waals surface area (Å²) in [6.07, 6.45) is 1.66. The van der Waals surface area contributed by atoms with E-state index in [0.717, 1.165) is 11.3 Å². The number of carbonyl (C=O) groups excluding carboxylic acids is 1. The molecule has 0 bridgehead atoms. The van der Waals surface area contributed by atoms with Gasteiger partial charge < -0.3 is 20.1 Å². The zero-order chi connectivity index (χ0) is 19.9. The van der Waals surface area contributed by atoms with Crippen molar-refractivity contribution in [2.45, 2.75) is 6.54 Å². The van der Waals surface area contributed by atoms with Crippen LogP contribution in [-0.2, 0) is 6.54 Å². The molecule has 7 heteroatoms. The Morgan fingerprint density at radius 2 is 1.75 bits per heavy atom. The van der Waals surface area contributed by atoms with Crippen molar-refractivity contribution in [1.29, 1.82) is 0 Å². The highest BCUT2D eigenvalue weighted by molar-refractivity contribution is 6.30. The van der Waals surface area contributed by atoms with Gasteiger partial charge in [0, 0.05) is 17.1 Å². The molecule has 28 heavy (non-hydrogen) atoms. The van der Waals surface area contributed by atoms with E-state index in [2.05, 4.69) is 15.6 Å². The van der Waals surface area contributed by atoms with Crippen molar-refractivity contribution >= 4 is 29.0 Å². The maximum absolute atomic E-state index is 12.2. The van der Waals surface area contributed by atoms with Crippen LogP contribution >= 0.6 is 11.6 Å². The molecule has 1 heterocycles. The summed E-state index contributed by atoms with van der Waals surface area (Å²) in [7, 11) is 3.21. The Labute approximate surface area is 168 Å². The molecule has 0 aliphatic carbocycles. The number of hydrogen-bond acceptors (Lipinski definition) is 5. The predicted molar refractivity (Wildman–Crippen MR) is 111 cm³/mol. The maximum atomic E-state index is 12.2. The lowest BCUT2D eigenvalue weighted by atomic mass is 10.2. The number of halogens is 1. The molecule has 0 saturated heterocycles. The fourth-order valence-electron chi connectivity index (χ4n) is 2.56. The van der Waals surface area contributed by atoms with E-state index < -0.39 is 0 Å². The summed E-state index contributed by atoms with van der Waals surface area (Å²) in [5.74, 6) is 1.60. The van der Waals surface area contributed by atoms with Gasteiger partial charge in [0.25, 0.3) is 5.91 Å². The molecule has 144 valence electrons. The van der Waals surface area contributed by atoms with E-state index in [1.165, 1.54) is 0 Å². The second-order valence-corrected chi connectivity index (χ2v) is 6.37. The number of nitrogens with zero attached hydrogens (tertiary/aromatic N) is 1. The number of anilines is 2. The van der Waals surface area contributed by atoms with Crippen molar-refractivity contribution in [1.82, 2.24) is 4.98 Å². The Hall–Kier alpha value is -3.25. The van der Waals surface area contributed by atoms with E-state index in [1.807, 2.05) is 24.3 Å². The fraction of sp³-hybridized carbons (Fsp3) is 0.143. The number of hydrogen-bond donors (Lipinski definition) is 2. The first-order chi connectivity index (χ1) is 13.6. The van der Waals surface area contributed by atoms with Crippen LogP contribution in [0.15, 0.2) is 60.8 Å². The molecule has 0 spiro atoms. The van der Waals surface area contributed by atoms with Gasteiger partial charge in [0.15, 0.2) is 11.5 Å². The molecule has 0 radical (unpaired) electrons. The molecule has 2 aromatic carbocycles. The molecule has 0 saturated carbocycles. The molecule has 3 rings (SSSR count). The predicted octanol–water partition coefficient (Wildman–Crippen LogP) is 4.62. The summed E-state index contributed by atoms with van der Waals surface area (Å²) in [6, 6.07) is 16.0. The molecule has 1 amide bonds. The first-order valence-electron chi connectivity index (χ1n) is 8.57. The third-order valence-electron chi connectivity index (χ3n) is 4.06. The average Bonchev–Trinajstić information content (AvgIpc) is 2.73. The molecule has 0 fully saturated rings. The van der Waals surface area contributed by atoms with Gasteiger partial charge in [0.2, 0.25) is 0 Å². The average molecular weight is 398 g/mol. The van der Waals surface area contributed by atoms with E-state index in [9.17, 15) is 4.79 Å². The molecule has 6 nitrogen and oxygen atoms in total. The highest BCUT2D eigenvalue weighted by Crippen LogP contribution is 2.27. The van der Waals surface area contributed by atoms with Gasteiger partial charge in [-0.25, -0.2) is 4.98 Å². The summed E-state index contributed by atoms with van der Waals surface area (Å²) >= 11 is 5.84. The number of nitrogens with one attached hydrogen (secondary N) is 2. The lowest BCUT2D eigenvalue weighted by Gasteiger charge is -2.11. The third-order valence-corrected chi connectivity index (χ3v) is 4.31. The summed E-state index contributed by atoms with van der Waals surface area (Å²) in [4.78, 5) is 16.5. The standard InChI is InChI=1S/C21H20ClN3O3/c1-27-18-9-3-14(11-19(18)28-2)12-23-17-8-10-20(24-13-17)25-21(26)15-4-6-16(22)7-5-15/h3-11,13,23H,12H2,1-2H3,(H,24,25,26). The SMILES string of the molecule is COc1ccc(CNc2ccc(NC(=O)c3ccc(Cl)cc3)nc2)cc1OC. The Kier molecular flexibility index (Phi) is 6.34. The van der Waals surface area contributed by atoms with Crippen LogP contribution < -0.4 is 20.1 Å². The van der Waals surface area contributed by atoms with Crippen LogP contribution in [0.25, 0.3) is 0 Å². The lowest BCUT2D eigenvalue weighted by Crippen LogP contribution is -2.12. The Balaban J connectivity index is 1.58. The zero-order valence-electron chi connectivity index (χ0n) is 15.5. The van der Waals surface area contributed by atoms with Gasteiger partial charge >= 0.3 is 0 Å². The van der Waals surface area contributed by atoms with Gasteiger partial charge in [-0.2, -0.15) is 0 Å². The minimum Gasteiger partial charge on any atom is -0.493 e. The smallest absolute Gasteiger partial charge is 0.256 e. The number of aromatic nitrogens is 1. The lowest BCUT2D eigenvalue weighted by molar-refractivity contribution is 0.102. The van der Waals surface area contributed by atoms with E-state index in [-0.39, 0.29) is 5.91 Å². The topological polar surface area (TPSA) is 72.5 Å². The monoisotopic (exact) mass is 397 g/mol. The molecule has 3 aromatic rings. The summed E-state index contributed by atoms with van der Waals surface area (Å²) < 4.78 is 10.6. The second kappa shape index (κ2) is 9.10. The molecule has 0 aliphatic rings. The number of ether oxygens (including phenoxy) is 2. The highest BCUT2D eigenvalue weighted by atomic mass is 35.5. The number of benzene rings is 2. The second-order valence-electron chi connectivity index (χ2n) is 5.94. The van der Waals surface area contributed by atoms with Gasteiger partial charge in [0.1, 0.15) is 5.82 Å². The van der Waals surface area contributed by atoms with Gasteiger partial charge in [-0.3, -0.25) is 4.79 Å². The Morgan fingerprint density at radius 3 is 2.39 bits per heavy atom. The molecule has 0 unspecified atom stereocenters. The molecular weight excluding hydrogens is 378 g/mol. The van der Waals surface area contributed by atoms with Crippen LogP contribution in [0.2, 0.25) is 5.02 Å². The highest BCUT2D eigenvalue weighted by Gasteiger charge is 2.07. The molecule has 2 N–H and O–H groups in total. The minimum absolute atomic E-state index is 0.241. The van der Waals surface area contributed by atoms with Gasteiger partial charge in [0.05, 0.1) is 26.1 Å².